The molecule has 0 bridgehead atoms. The quantitative estimate of drug-likeness (QED) is 0.497. The van der Waals surface area contributed by atoms with Crippen LogP contribution in [0.5, 0.6) is 5.75 Å². The molecule has 0 spiro atoms. The van der Waals surface area contributed by atoms with E-state index in [0.29, 0.717) is 0 Å². The van der Waals surface area contributed by atoms with E-state index in [1.54, 1.807) is 19.9 Å². The lowest BCUT2D eigenvalue weighted by Gasteiger charge is -2.27. The fraction of sp³-hybridized carbons (Fsp3) is 0.381. The number of methoxy groups -OCH3 is 1. The van der Waals surface area contributed by atoms with Crippen LogP contribution in [0.25, 0.3) is 11.1 Å². The highest BCUT2D eigenvalue weighted by molar-refractivity contribution is 5.76. The third kappa shape index (κ3) is 5.69. The lowest BCUT2D eigenvalue weighted by atomic mass is 9.97. The van der Waals surface area contributed by atoms with Gasteiger partial charge in [0, 0.05) is 11.1 Å². The number of carbonyl (C=O) groups excluding carboxylic acids is 1. The van der Waals surface area contributed by atoms with Crippen LogP contribution in [0.15, 0.2) is 42.5 Å². The largest absolute Gasteiger partial charge is 0.507 e. The van der Waals surface area contributed by atoms with Gasteiger partial charge in [-0.25, -0.2) is 4.39 Å². The molecule has 2 unspecified atom stereocenters. The molecule has 4 nitrogen and oxygen atoms in total. The van der Waals surface area contributed by atoms with Gasteiger partial charge >= 0.3 is 12.1 Å². The summed E-state index contributed by atoms with van der Waals surface area (Å²) in [7, 11) is 1.11. The average Bonchev–Trinajstić information content (AvgIpc) is 2.64. The molecule has 0 aliphatic heterocycles. The zero-order chi connectivity index (χ0) is 21.8. The van der Waals surface area contributed by atoms with Crippen molar-refractivity contribution in [3.8, 4) is 16.9 Å². The molecule has 2 aromatic rings. The van der Waals surface area contributed by atoms with Crippen LogP contribution in [0, 0.1) is 11.7 Å². The van der Waals surface area contributed by atoms with Gasteiger partial charge in [-0.05, 0) is 30.0 Å². The van der Waals surface area contributed by atoms with E-state index >= 15 is 0 Å². The first kappa shape index (κ1) is 22.7. The number of nitrogens with one attached hydrogen (secondary N) is 1. The Bertz CT molecular complexity index is 852. The van der Waals surface area contributed by atoms with E-state index in [0.717, 1.165) is 19.2 Å². The molecule has 158 valence electrons. The standard InChI is InChI=1S/C21H23F4NO3/c1-12(2)10-17(20(28)29-3)26-19(21(23,24)25)13-8-9-15(18(27)11-13)14-6-4-5-7-16(14)22/h4-9,11-12,17,19,26-27H,10H2,1-3H3. The van der Waals surface area contributed by atoms with Gasteiger partial charge in [-0.3, -0.25) is 10.1 Å². The number of hydrogen-bond donors (Lipinski definition) is 2. The van der Waals surface area contributed by atoms with Crippen molar-refractivity contribution in [2.75, 3.05) is 7.11 Å². The minimum absolute atomic E-state index is 0.0580. The molecule has 0 heterocycles. The number of halogens is 4. The second-order valence-corrected chi connectivity index (χ2v) is 7.10. The predicted octanol–water partition coefficient (Wildman–Crippen LogP) is 4.98. The zero-order valence-electron chi connectivity index (χ0n) is 16.3. The Morgan fingerprint density at radius 2 is 1.79 bits per heavy atom. The van der Waals surface area contributed by atoms with Gasteiger partial charge in [0.1, 0.15) is 23.7 Å². The third-order valence-corrected chi connectivity index (χ3v) is 4.41. The molecule has 2 aromatic carbocycles. The van der Waals surface area contributed by atoms with Crippen LogP contribution in [0.1, 0.15) is 31.9 Å². The Hall–Kier alpha value is -2.61. The van der Waals surface area contributed by atoms with E-state index in [-0.39, 0.29) is 29.0 Å². The van der Waals surface area contributed by atoms with Crippen molar-refractivity contribution < 1.29 is 32.2 Å². The maximum absolute atomic E-state index is 14.0. The number of rotatable bonds is 7. The number of aromatic hydroxyl groups is 1. The van der Waals surface area contributed by atoms with Gasteiger partial charge in [0.15, 0.2) is 0 Å². The SMILES string of the molecule is COC(=O)C(CC(C)C)NC(c1ccc(-c2ccccc2F)c(O)c1)C(F)(F)F. The van der Waals surface area contributed by atoms with Crippen LogP contribution in [0.2, 0.25) is 0 Å². The van der Waals surface area contributed by atoms with Crippen LogP contribution in [0.4, 0.5) is 17.6 Å². The minimum atomic E-state index is -4.74. The molecule has 0 aliphatic rings. The van der Waals surface area contributed by atoms with Crippen LogP contribution in [0.3, 0.4) is 0 Å². The molecule has 0 amide bonds. The second kappa shape index (κ2) is 9.26. The first-order valence-corrected chi connectivity index (χ1v) is 9.03. The van der Waals surface area contributed by atoms with E-state index in [1.807, 2.05) is 0 Å². The van der Waals surface area contributed by atoms with Crippen LogP contribution in [-0.2, 0) is 9.53 Å². The molecule has 29 heavy (non-hydrogen) atoms. The number of phenolic OH excluding ortho intramolecular Hbond substituents is 1. The van der Waals surface area contributed by atoms with E-state index in [1.165, 1.54) is 24.3 Å². The molecule has 2 atom stereocenters. The summed E-state index contributed by atoms with van der Waals surface area (Å²) in [6.45, 7) is 3.55. The monoisotopic (exact) mass is 413 g/mol. The molecular formula is C21H23F4NO3. The molecule has 0 aromatic heterocycles. The van der Waals surface area contributed by atoms with Crippen molar-refractivity contribution in [3.05, 3.63) is 53.8 Å². The van der Waals surface area contributed by atoms with E-state index in [4.69, 9.17) is 0 Å². The molecule has 0 radical (unpaired) electrons. The van der Waals surface area contributed by atoms with Crippen molar-refractivity contribution in [2.45, 2.75) is 38.5 Å². The predicted molar refractivity (Wildman–Crippen MR) is 101 cm³/mol. The topological polar surface area (TPSA) is 58.6 Å². The number of hydrogen-bond acceptors (Lipinski definition) is 4. The number of phenols is 1. The summed E-state index contributed by atoms with van der Waals surface area (Å²) in [6, 6.07) is 5.53. The molecule has 0 saturated carbocycles. The average molecular weight is 413 g/mol. The summed E-state index contributed by atoms with van der Waals surface area (Å²) in [4.78, 5) is 11.9. The smallest absolute Gasteiger partial charge is 0.407 e. The van der Waals surface area contributed by atoms with Gasteiger partial charge < -0.3 is 9.84 Å². The number of carbonyl (C=O) groups is 1. The van der Waals surface area contributed by atoms with Crippen molar-refractivity contribution in [3.63, 3.8) is 0 Å². The van der Waals surface area contributed by atoms with Gasteiger partial charge in [-0.1, -0.05) is 44.2 Å². The Kier molecular flexibility index (Phi) is 7.24. The summed E-state index contributed by atoms with van der Waals surface area (Å²) < 4.78 is 59.8. The lowest BCUT2D eigenvalue weighted by Crippen LogP contribution is -2.45. The number of ether oxygens (including phenoxy) is 1. The van der Waals surface area contributed by atoms with Crippen molar-refractivity contribution in [2.24, 2.45) is 5.92 Å². The molecule has 0 fully saturated rings. The fourth-order valence-corrected chi connectivity index (χ4v) is 3.06. The number of esters is 1. The van der Waals surface area contributed by atoms with Crippen molar-refractivity contribution in [1.29, 1.82) is 0 Å². The Morgan fingerprint density at radius 1 is 1.14 bits per heavy atom. The molecule has 2 N–H and O–H groups in total. The van der Waals surface area contributed by atoms with Crippen LogP contribution >= 0.6 is 0 Å². The van der Waals surface area contributed by atoms with Crippen LogP contribution < -0.4 is 5.32 Å². The zero-order valence-corrected chi connectivity index (χ0v) is 16.3. The molecule has 2 rings (SSSR count). The van der Waals surface area contributed by atoms with E-state index < -0.39 is 35.8 Å². The molecule has 0 saturated heterocycles. The summed E-state index contributed by atoms with van der Waals surface area (Å²) in [6.07, 6.45) is -4.60. The van der Waals surface area contributed by atoms with Gasteiger partial charge in [0.25, 0.3) is 0 Å². The maximum Gasteiger partial charge on any atom is 0.407 e. The second-order valence-electron chi connectivity index (χ2n) is 7.10. The van der Waals surface area contributed by atoms with Crippen molar-refractivity contribution in [1.82, 2.24) is 5.32 Å². The Labute approximate surface area is 166 Å². The highest BCUT2D eigenvalue weighted by Crippen LogP contribution is 2.38. The van der Waals surface area contributed by atoms with Gasteiger partial charge in [0.2, 0.25) is 0 Å². The van der Waals surface area contributed by atoms with Crippen molar-refractivity contribution >= 4 is 5.97 Å². The van der Waals surface area contributed by atoms with Gasteiger partial charge in [-0.2, -0.15) is 13.2 Å². The first-order valence-electron chi connectivity index (χ1n) is 9.03. The highest BCUT2D eigenvalue weighted by atomic mass is 19.4. The van der Waals surface area contributed by atoms with Gasteiger partial charge in [-0.15, -0.1) is 0 Å². The minimum Gasteiger partial charge on any atom is -0.507 e. The summed E-state index contributed by atoms with van der Waals surface area (Å²) in [5, 5.41) is 12.6. The Morgan fingerprint density at radius 3 is 2.31 bits per heavy atom. The fourth-order valence-electron chi connectivity index (χ4n) is 3.06. The first-order chi connectivity index (χ1) is 13.5. The summed E-state index contributed by atoms with van der Waals surface area (Å²) >= 11 is 0. The van der Waals surface area contributed by atoms with Crippen LogP contribution in [-0.4, -0.2) is 30.4 Å². The normalized spacial score (nSPS) is 13.9. The summed E-state index contributed by atoms with van der Waals surface area (Å²) in [5.41, 5.74) is -0.160. The van der Waals surface area contributed by atoms with E-state index in [2.05, 4.69) is 10.1 Å². The molecule has 0 aliphatic carbocycles. The number of benzene rings is 2. The summed E-state index contributed by atoms with van der Waals surface area (Å²) in [5.74, 6) is -1.97. The third-order valence-electron chi connectivity index (χ3n) is 4.41. The molecular weight excluding hydrogens is 390 g/mol. The Balaban J connectivity index is 2.42. The van der Waals surface area contributed by atoms with E-state index in [9.17, 15) is 27.5 Å². The lowest BCUT2D eigenvalue weighted by molar-refractivity contribution is -0.164. The number of alkyl halides is 3. The maximum atomic E-state index is 14.0. The highest BCUT2D eigenvalue weighted by Gasteiger charge is 2.43. The molecule has 8 heteroatoms. The van der Waals surface area contributed by atoms with Gasteiger partial charge in [0.05, 0.1) is 7.11 Å².